The van der Waals surface area contributed by atoms with Crippen LogP contribution < -0.4 is 0 Å². The number of rotatable bonds is 0. The highest BCUT2D eigenvalue weighted by Crippen LogP contribution is 1.43. The van der Waals surface area contributed by atoms with E-state index >= 15 is 0 Å². The molecule has 0 aromatic carbocycles. The van der Waals surface area contributed by atoms with Gasteiger partial charge in [0.15, 0.2) is 0 Å². The van der Waals surface area contributed by atoms with Gasteiger partial charge in [-0.25, -0.2) is 9.59 Å². The zero-order valence-electron chi connectivity index (χ0n) is 8.81. The van der Waals surface area contributed by atoms with Crippen LogP contribution in [-0.4, -0.2) is 66.7 Å². The molecule has 0 aliphatic heterocycles. The van der Waals surface area contributed by atoms with Crippen molar-refractivity contribution in [1.29, 1.82) is 0 Å². The van der Waals surface area contributed by atoms with E-state index in [2.05, 4.69) is 0 Å². The van der Waals surface area contributed by atoms with Gasteiger partial charge in [0.2, 0.25) is 0 Å². The van der Waals surface area contributed by atoms with Gasteiger partial charge in [-0.2, -0.15) is 0 Å². The van der Waals surface area contributed by atoms with E-state index in [0.29, 0.717) is 0 Å². The fourth-order valence-corrected chi connectivity index (χ4v) is 0. The van der Waals surface area contributed by atoms with Crippen LogP contribution >= 0.6 is 0 Å². The van der Waals surface area contributed by atoms with Crippen LogP contribution in [0, 0.1) is 0 Å². The summed E-state index contributed by atoms with van der Waals surface area (Å²) in [5.74, 6) is 0. The van der Waals surface area contributed by atoms with Gasteiger partial charge in [0.25, 0.3) is 0 Å². The molecule has 10 nitrogen and oxygen atoms in total. The molecular formula is C6H18O10. The molecule has 0 aromatic heterocycles. The molecule has 0 atom stereocenters. The summed E-state index contributed by atoms with van der Waals surface area (Å²) in [7, 11) is 0. The van der Waals surface area contributed by atoms with E-state index in [0.717, 1.165) is 0 Å². The molecule has 102 valence electrons. The Bertz CT molecular complexity index is 91.9. The van der Waals surface area contributed by atoms with Crippen molar-refractivity contribution in [2.75, 3.05) is 13.2 Å². The predicted octanol–water partition coefficient (Wildman–Crippen LogP) is 0.459. The van der Waals surface area contributed by atoms with Crippen LogP contribution in [0.1, 0.15) is 13.8 Å². The number of aliphatic hydroxyl groups is 2. The highest BCUT2D eigenvalue weighted by atomic mass is 17.0. The highest BCUT2D eigenvalue weighted by Gasteiger charge is 1.70. The molecule has 10 heteroatoms. The number of aliphatic hydroxyl groups excluding tert-OH is 2. The fourth-order valence-electron chi connectivity index (χ4n) is 0. The minimum atomic E-state index is -1.83. The summed E-state index contributed by atoms with van der Waals surface area (Å²) >= 11 is 0. The van der Waals surface area contributed by atoms with Crippen molar-refractivity contribution in [3.63, 3.8) is 0 Å². The van der Waals surface area contributed by atoms with Crippen LogP contribution in [-0.2, 0) is 0 Å². The smallest absolute Gasteiger partial charge is 0.450 e. The minimum absolute atomic E-state index is 0.250. The molecule has 0 aliphatic carbocycles. The summed E-state index contributed by atoms with van der Waals surface area (Å²) in [5, 5.41) is 55.0. The molecule has 0 fully saturated rings. The van der Waals surface area contributed by atoms with Crippen LogP contribution in [0.15, 0.2) is 0 Å². The molecule has 0 saturated heterocycles. The van der Waals surface area contributed by atoms with Gasteiger partial charge in [-0.15, -0.1) is 0 Å². The van der Waals surface area contributed by atoms with Crippen LogP contribution in [0.25, 0.3) is 0 Å². The van der Waals surface area contributed by atoms with Gasteiger partial charge < -0.3 is 30.6 Å². The van der Waals surface area contributed by atoms with Gasteiger partial charge >= 0.3 is 12.3 Å². The maximum Gasteiger partial charge on any atom is 0.503 e. The summed E-state index contributed by atoms with van der Waals surface area (Å²) < 4.78 is 0. The van der Waals surface area contributed by atoms with E-state index in [4.69, 9.17) is 50.7 Å². The minimum Gasteiger partial charge on any atom is -0.450 e. The van der Waals surface area contributed by atoms with E-state index in [1.807, 2.05) is 0 Å². The lowest BCUT2D eigenvalue weighted by Crippen LogP contribution is -1.81. The Hall–Kier alpha value is -1.62. The fraction of sp³-hybridized carbons (Fsp3) is 0.667. The molecule has 0 bridgehead atoms. The number of carboxylic acid groups (broad SMARTS) is 4. The monoisotopic (exact) mass is 250 g/mol. The van der Waals surface area contributed by atoms with Crippen molar-refractivity contribution in [2.45, 2.75) is 13.8 Å². The van der Waals surface area contributed by atoms with Gasteiger partial charge in [0, 0.05) is 13.2 Å². The molecule has 16 heavy (non-hydrogen) atoms. The lowest BCUT2D eigenvalue weighted by Gasteiger charge is -1.60. The SMILES string of the molecule is CCO.CCO.O=C(O)O.O=C(O)O.OO. The number of carbonyl (C=O) groups is 2. The first-order valence-corrected chi connectivity index (χ1v) is 3.55. The van der Waals surface area contributed by atoms with Gasteiger partial charge in [-0.1, -0.05) is 0 Å². The summed E-state index contributed by atoms with van der Waals surface area (Å²) in [6.45, 7) is 3.86. The number of hydrogen-bond donors (Lipinski definition) is 8. The molecule has 0 heterocycles. The predicted molar refractivity (Wildman–Crippen MR) is 52.1 cm³/mol. The van der Waals surface area contributed by atoms with Crippen LogP contribution in [0.3, 0.4) is 0 Å². The maximum absolute atomic E-state index is 8.56. The van der Waals surface area contributed by atoms with Crippen LogP contribution in [0.5, 0.6) is 0 Å². The molecule has 0 unspecified atom stereocenters. The number of hydrogen-bond acceptors (Lipinski definition) is 6. The average Bonchev–Trinajstić information content (AvgIpc) is 2.07. The third-order valence-corrected chi connectivity index (χ3v) is 0. The zero-order valence-corrected chi connectivity index (χ0v) is 8.81. The quantitative estimate of drug-likeness (QED) is 0.221. The maximum atomic E-state index is 8.56. The lowest BCUT2D eigenvalue weighted by atomic mass is 10.9. The third kappa shape index (κ3) is 611. The molecule has 8 N–H and O–H groups in total. The van der Waals surface area contributed by atoms with Crippen LogP contribution in [0.4, 0.5) is 9.59 Å². The first-order chi connectivity index (χ1) is 7.29. The zero-order chi connectivity index (χ0) is 14.6. The highest BCUT2D eigenvalue weighted by molar-refractivity contribution is 5.53. The van der Waals surface area contributed by atoms with Crippen molar-refractivity contribution in [1.82, 2.24) is 0 Å². The van der Waals surface area contributed by atoms with Gasteiger partial charge in [0.05, 0.1) is 0 Å². The Kier molecular flexibility index (Phi) is 92.1. The van der Waals surface area contributed by atoms with Gasteiger partial charge in [-0.05, 0) is 13.8 Å². The Morgan fingerprint density at radius 2 is 0.750 bits per heavy atom. The average molecular weight is 250 g/mol. The Morgan fingerprint density at radius 3 is 0.750 bits per heavy atom. The van der Waals surface area contributed by atoms with Gasteiger partial charge in [0.1, 0.15) is 0 Å². The second kappa shape index (κ2) is 50.4. The third-order valence-electron chi connectivity index (χ3n) is 0. The summed E-state index contributed by atoms with van der Waals surface area (Å²) in [5.41, 5.74) is 0. The summed E-state index contributed by atoms with van der Waals surface area (Å²) in [6.07, 6.45) is -3.67. The largest absolute Gasteiger partial charge is 0.503 e. The molecule has 0 spiro atoms. The Labute approximate surface area is 91.2 Å². The van der Waals surface area contributed by atoms with Crippen molar-refractivity contribution < 1.29 is 50.7 Å². The van der Waals surface area contributed by atoms with E-state index in [1.165, 1.54) is 0 Å². The van der Waals surface area contributed by atoms with E-state index in [-0.39, 0.29) is 13.2 Å². The topological polar surface area (TPSA) is 196 Å². The second-order valence-corrected chi connectivity index (χ2v) is 1.20. The Balaban J connectivity index is -0.0000000322. The summed E-state index contributed by atoms with van der Waals surface area (Å²) in [6, 6.07) is 0. The molecule has 0 saturated carbocycles. The first kappa shape index (κ1) is 29.3. The Morgan fingerprint density at radius 1 is 0.750 bits per heavy atom. The molecule has 0 rings (SSSR count). The van der Waals surface area contributed by atoms with E-state index < -0.39 is 12.3 Å². The normalized spacial score (nSPS) is 5.62. The first-order valence-electron chi connectivity index (χ1n) is 3.55. The second-order valence-electron chi connectivity index (χ2n) is 1.20. The van der Waals surface area contributed by atoms with Crippen molar-refractivity contribution in [2.24, 2.45) is 0 Å². The molecule has 0 radical (unpaired) electrons. The van der Waals surface area contributed by atoms with Gasteiger partial charge in [-0.3, -0.25) is 10.5 Å². The molecule has 0 aromatic rings. The van der Waals surface area contributed by atoms with E-state index in [1.54, 1.807) is 13.8 Å². The van der Waals surface area contributed by atoms with E-state index in [9.17, 15) is 0 Å². The standard InChI is InChI=1S/2C2H6O.2CH2O3.H2O2/c2*1-2-3;2*2-1(3)4;1-2/h2*3H,2H2,1H3;2*(H2,2,3,4);1-2H. The van der Waals surface area contributed by atoms with Crippen molar-refractivity contribution in [3.05, 3.63) is 0 Å². The van der Waals surface area contributed by atoms with Crippen molar-refractivity contribution >= 4 is 12.3 Å². The molecule has 0 amide bonds. The molecule has 0 aliphatic rings. The van der Waals surface area contributed by atoms with Crippen molar-refractivity contribution in [3.8, 4) is 0 Å². The summed E-state index contributed by atoms with van der Waals surface area (Å²) in [4.78, 5) is 17.1. The molecular weight excluding hydrogens is 232 g/mol. The van der Waals surface area contributed by atoms with Crippen LogP contribution in [0.2, 0.25) is 0 Å². The lowest BCUT2D eigenvalue weighted by molar-refractivity contribution is -0.176.